The van der Waals surface area contributed by atoms with E-state index >= 15 is 0 Å². The summed E-state index contributed by atoms with van der Waals surface area (Å²) in [5, 5.41) is 2.86. The first kappa shape index (κ1) is 17.9. The van der Waals surface area contributed by atoms with Crippen LogP contribution in [0.4, 0.5) is 10.1 Å². The van der Waals surface area contributed by atoms with Crippen molar-refractivity contribution in [1.82, 2.24) is 5.32 Å². The standard InChI is InChI=1S/C20H21FN2O3/c1-13-3-6-16(10-18(13)21)23-12-15(9-19(23)24)20(25)22-11-14-4-7-17(26-2)8-5-14/h3-8,10,15H,9,11-12H2,1-2H3,(H,22,25). The van der Waals surface area contributed by atoms with Gasteiger partial charge in [-0.05, 0) is 42.3 Å². The molecule has 0 aromatic heterocycles. The number of nitrogens with one attached hydrogen (secondary N) is 1. The number of nitrogens with zero attached hydrogens (tertiary/aromatic N) is 1. The lowest BCUT2D eigenvalue weighted by molar-refractivity contribution is -0.126. The molecule has 0 bridgehead atoms. The molecule has 1 fully saturated rings. The monoisotopic (exact) mass is 356 g/mol. The predicted octanol–water partition coefficient (Wildman–Crippen LogP) is 2.81. The summed E-state index contributed by atoms with van der Waals surface area (Å²) in [7, 11) is 1.60. The van der Waals surface area contributed by atoms with Crippen LogP contribution in [0.25, 0.3) is 0 Å². The molecule has 2 aromatic rings. The maximum atomic E-state index is 13.8. The summed E-state index contributed by atoms with van der Waals surface area (Å²) < 4.78 is 18.9. The lowest BCUT2D eigenvalue weighted by Crippen LogP contribution is -2.32. The van der Waals surface area contributed by atoms with Gasteiger partial charge in [-0.2, -0.15) is 0 Å². The van der Waals surface area contributed by atoms with Gasteiger partial charge < -0.3 is 15.0 Å². The molecule has 2 aromatic carbocycles. The molecule has 1 saturated heterocycles. The van der Waals surface area contributed by atoms with Gasteiger partial charge in [0, 0.05) is 25.2 Å². The first-order valence-electron chi connectivity index (χ1n) is 8.45. The van der Waals surface area contributed by atoms with Crippen LogP contribution in [0, 0.1) is 18.7 Å². The molecule has 5 nitrogen and oxygen atoms in total. The summed E-state index contributed by atoms with van der Waals surface area (Å²) in [6, 6.07) is 12.1. The third kappa shape index (κ3) is 3.85. The molecule has 1 N–H and O–H groups in total. The van der Waals surface area contributed by atoms with Gasteiger partial charge in [0.15, 0.2) is 0 Å². The number of ether oxygens (including phenoxy) is 1. The lowest BCUT2D eigenvalue weighted by Gasteiger charge is -2.17. The van der Waals surface area contributed by atoms with Crippen molar-refractivity contribution >= 4 is 17.5 Å². The van der Waals surface area contributed by atoms with Crippen molar-refractivity contribution in [2.45, 2.75) is 19.9 Å². The van der Waals surface area contributed by atoms with Crippen LogP contribution in [0.5, 0.6) is 5.75 Å². The molecule has 0 saturated carbocycles. The highest BCUT2D eigenvalue weighted by Crippen LogP contribution is 2.26. The average Bonchev–Trinajstić information content (AvgIpc) is 3.04. The lowest BCUT2D eigenvalue weighted by atomic mass is 10.1. The van der Waals surface area contributed by atoms with Crippen LogP contribution in [0.15, 0.2) is 42.5 Å². The molecule has 6 heteroatoms. The van der Waals surface area contributed by atoms with Crippen molar-refractivity contribution in [2.24, 2.45) is 5.92 Å². The Morgan fingerprint density at radius 3 is 2.65 bits per heavy atom. The van der Waals surface area contributed by atoms with Crippen molar-refractivity contribution in [2.75, 3.05) is 18.6 Å². The number of methoxy groups -OCH3 is 1. The van der Waals surface area contributed by atoms with Gasteiger partial charge in [-0.1, -0.05) is 18.2 Å². The Morgan fingerprint density at radius 2 is 2.00 bits per heavy atom. The number of hydrogen-bond donors (Lipinski definition) is 1. The second kappa shape index (κ2) is 7.56. The summed E-state index contributed by atoms with van der Waals surface area (Å²) in [5.41, 5.74) is 1.96. The van der Waals surface area contributed by atoms with E-state index in [1.54, 1.807) is 26.2 Å². The molecule has 0 spiro atoms. The third-order valence-electron chi connectivity index (χ3n) is 4.59. The molecule has 1 unspecified atom stereocenters. The van der Waals surface area contributed by atoms with E-state index in [0.717, 1.165) is 11.3 Å². The molecule has 1 aliphatic heterocycles. The van der Waals surface area contributed by atoms with Crippen molar-refractivity contribution < 1.29 is 18.7 Å². The number of halogens is 1. The summed E-state index contributed by atoms with van der Waals surface area (Å²) in [4.78, 5) is 26.1. The number of aryl methyl sites for hydroxylation is 1. The minimum absolute atomic E-state index is 0.129. The zero-order valence-electron chi connectivity index (χ0n) is 14.8. The number of carbonyl (C=O) groups is 2. The highest BCUT2D eigenvalue weighted by molar-refractivity contribution is 6.00. The second-order valence-corrected chi connectivity index (χ2v) is 6.40. The fourth-order valence-electron chi connectivity index (χ4n) is 2.96. The molecule has 3 rings (SSSR count). The van der Waals surface area contributed by atoms with E-state index in [-0.39, 0.29) is 30.6 Å². The molecule has 1 aliphatic rings. The minimum Gasteiger partial charge on any atom is -0.497 e. The summed E-state index contributed by atoms with van der Waals surface area (Å²) in [5.74, 6) is -0.391. The molecular weight excluding hydrogens is 335 g/mol. The van der Waals surface area contributed by atoms with E-state index in [2.05, 4.69) is 5.32 Å². The fraction of sp³-hybridized carbons (Fsp3) is 0.300. The predicted molar refractivity (Wildman–Crippen MR) is 96.4 cm³/mol. The van der Waals surface area contributed by atoms with E-state index in [4.69, 9.17) is 4.74 Å². The number of carbonyl (C=O) groups excluding carboxylic acids is 2. The first-order valence-corrected chi connectivity index (χ1v) is 8.45. The summed E-state index contributed by atoms with van der Waals surface area (Å²) >= 11 is 0. The van der Waals surface area contributed by atoms with Gasteiger partial charge in [0.05, 0.1) is 13.0 Å². The van der Waals surface area contributed by atoms with Crippen molar-refractivity contribution in [3.05, 3.63) is 59.4 Å². The van der Waals surface area contributed by atoms with Crippen molar-refractivity contribution in [3.63, 3.8) is 0 Å². The third-order valence-corrected chi connectivity index (χ3v) is 4.59. The Morgan fingerprint density at radius 1 is 1.27 bits per heavy atom. The molecule has 0 aliphatic carbocycles. The highest BCUT2D eigenvalue weighted by Gasteiger charge is 2.35. The second-order valence-electron chi connectivity index (χ2n) is 6.40. The quantitative estimate of drug-likeness (QED) is 0.896. The maximum absolute atomic E-state index is 13.8. The molecule has 0 radical (unpaired) electrons. The number of hydrogen-bond acceptors (Lipinski definition) is 3. The highest BCUT2D eigenvalue weighted by atomic mass is 19.1. The van der Waals surface area contributed by atoms with Gasteiger partial charge in [0.2, 0.25) is 11.8 Å². The van der Waals surface area contributed by atoms with Crippen LogP contribution < -0.4 is 15.0 Å². The molecular formula is C20H21FN2O3. The first-order chi connectivity index (χ1) is 12.5. The largest absolute Gasteiger partial charge is 0.497 e. The smallest absolute Gasteiger partial charge is 0.227 e. The van der Waals surface area contributed by atoms with Crippen LogP contribution in [0.2, 0.25) is 0 Å². The number of rotatable bonds is 5. The molecule has 1 atom stereocenters. The van der Waals surface area contributed by atoms with Gasteiger partial charge in [0.1, 0.15) is 11.6 Å². The Kier molecular flexibility index (Phi) is 5.21. The van der Waals surface area contributed by atoms with Gasteiger partial charge in [0.25, 0.3) is 0 Å². The number of anilines is 1. The van der Waals surface area contributed by atoms with Crippen LogP contribution >= 0.6 is 0 Å². The fourth-order valence-corrected chi connectivity index (χ4v) is 2.96. The zero-order chi connectivity index (χ0) is 18.7. The topological polar surface area (TPSA) is 58.6 Å². The Balaban J connectivity index is 1.60. The maximum Gasteiger partial charge on any atom is 0.227 e. The van der Waals surface area contributed by atoms with Crippen LogP contribution in [-0.2, 0) is 16.1 Å². The van der Waals surface area contributed by atoms with Gasteiger partial charge in [-0.15, -0.1) is 0 Å². The van der Waals surface area contributed by atoms with Crippen molar-refractivity contribution in [1.29, 1.82) is 0 Å². The number of benzene rings is 2. The normalized spacial score (nSPS) is 16.7. The molecule has 136 valence electrons. The zero-order valence-corrected chi connectivity index (χ0v) is 14.8. The molecule has 26 heavy (non-hydrogen) atoms. The van der Waals surface area contributed by atoms with Crippen LogP contribution in [0.3, 0.4) is 0 Å². The molecule has 1 heterocycles. The summed E-state index contributed by atoms with van der Waals surface area (Å²) in [6.45, 7) is 2.31. The van der Waals surface area contributed by atoms with Gasteiger partial charge >= 0.3 is 0 Å². The van der Waals surface area contributed by atoms with Crippen LogP contribution in [0.1, 0.15) is 17.5 Å². The molecule has 2 amide bonds. The Bertz CT molecular complexity index is 820. The van der Waals surface area contributed by atoms with E-state index in [9.17, 15) is 14.0 Å². The SMILES string of the molecule is COc1ccc(CNC(=O)C2CC(=O)N(c3ccc(C)c(F)c3)C2)cc1. The van der Waals surface area contributed by atoms with E-state index < -0.39 is 5.92 Å². The van der Waals surface area contributed by atoms with Crippen molar-refractivity contribution in [3.8, 4) is 5.75 Å². The Hall–Kier alpha value is -2.89. The van der Waals surface area contributed by atoms with Gasteiger partial charge in [-0.25, -0.2) is 4.39 Å². The van der Waals surface area contributed by atoms with E-state index in [1.165, 1.54) is 11.0 Å². The van der Waals surface area contributed by atoms with E-state index in [0.29, 0.717) is 17.8 Å². The van der Waals surface area contributed by atoms with E-state index in [1.807, 2.05) is 24.3 Å². The van der Waals surface area contributed by atoms with Gasteiger partial charge in [-0.3, -0.25) is 9.59 Å². The average molecular weight is 356 g/mol. The van der Waals surface area contributed by atoms with Crippen LogP contribution in [-0.4, -0.2) is 25.5 Å². The minimum atomic E-state index is -0.440. The Labute approximate surface area is 151 Å². The summed E-state index contributed by atoms with van der Waals surface area (Å²) in [6.07, 6.45) is 0.129. The number of amides is 2.